The normalized spacial score (nSPS) is 14.5. The van der Waals surface area contributed by atoms with Gasteiger partial charge in [0, 0.05) is 12.1 Å². The summed E-state index contributed by atoms with van der Waals surface area (Å²) < 4.78 is 124. The molecular formula is C18H16ClF4N2O8PS3. The van der Waals surface area contributed by atoms with Gasteiger partial charge in [0.25, 0.3) is 19.9 Å². The zero-order valence-corrected chi connectivity index (χ0v) is 22.2. The highest BCUT2D eigenvalue weighted by Crippen LogP contribution is 2.41. The van der Waals surface area contributed by atoms with Gasteiger partial charge in [-0.3, -0.25) is 4.57 Å². The minimum Gasteiger partial charge on any atom is -0.768 e. The van der Waals surface area contributed by atoms with Crippen molar-refractivity contribution in [2.45, 2.75) is 14.6 Å². The summed E-state index contributed by atoms with van der Waals surface area (Å²) in [4.78, 5) is 10.5. The van der Waals surface area contributed by atoms with E-state index in [1.165, 1.54) is 18.2 Å². The number of quaternary nitrogens is 1. The van der Waals surface area contributed by atoms with Gasteiger partial charge in [-0.1, -0.05) is 11.6 Å². The van der Waals surface area contributed by atoms with Crippen LogP contribution in [0.3, 0.4) is 0 Å². The van der Waals surface area contributed by atoms with Crippen LogP contribution in [0.15, 0.2) is 45.5 Å². The number of fused-ring (bicyclic) bond motifs is 1. The molecule has 0 aliphatic carbocycles. The summed E-state index contributed by atoms with van der Waals surface area (Å²) in [5.41, 5.74) is -2.16. The molecule has 3 rings (SSSR count). The minimum atomic E-state index is -6.04. The second-order valence-electron chi connectivity index (χ2n) is 7.14. The van der Waals surface area contributed by atoms with E-state index >= 15 is 0 Å². The van der Waals surface area contributed by atoms with Crippen LogP contribution in [0.25, 0.3) is 10.1 Å². The third kappa shape index (κ3) is 6.72. The molecule has 3 aromatic rings. The maximum absolute atomic E-state index is 14.0. The van der Waals surface area contributed by atoms with Crippen LogP contribution in [0, 0.1) is 5.82 Å². The highest BCUT2D eigenvalue weighted by atomic mass is 35.5. The quantitative estimate of drug-likeness (QED) is 0.256. The van der Waals surface area contributed by atoms with E-state index < -0.39 is 55.7 Å². The fourth-order valence-corrected chi connectivity index (χ4v) is 7.80. The van der Waals surface area contributed by atoms with E-state index in [2.05, 4.69) is 10.3 Å². The number of hydrogen-bond donors (Lipinski definition) is 2. The van der Waals surface area contributed by atoms with Crippen molar-refractivity contribution in [1.29, 1.82) is 0 Å². The summed E-state index contributed by atoms with van der Waals surface area (Å²) in [6.07, 6.45) is -1.32. The van der Waals surface area contributed by atoms with E-state index in [-0.39, 0.29) is 21.4 Å². The maximum Gasteiger partial charge on any atom is 0.502 e. The van der Waals surface area contributed by atoms with Gasteiger partial charge in [-0.05, 0) is 29.7 Å². The van der Waals surface area contributed by atoms with E-state index in [9.17, 15) is 43.9 Å². The third-order valence-electron chi connectivity index (χ3n) is 4.39. The molecule has 2 aromatic carbocycles. The Hall–Kier alpha value is -1.98. The van der Waals surface area contributed by atoms with Crippen LogP contribution in [-0.2, 0) is 24.4 Å². The van der Waals surface area contributed by atoms with E-state index in [1.54, 1.807) is 4.72 Å². The SMILES string of the molecule is [NH3+]CCOc1cc(Cl)c2sc(S(=O)(=O)NCP(=O)([O-])Oc3ccc(S(=O)(=O)C(F)(F)F)c(F)c3)cc2c1. The van der Waals surface area contributed by atoms with Gasteiger partial charge in [-0.2, -0.15) is 13.2 Å². The average Bonchev–Trinajstić information content (AvgIpc) is 3.21. The number of halogens is 5. The molecule has 0 saturated heterocycles. The van der Waals surface area contributed by atoms with Gasteiger partial charge in [0.05, 0.1) is 16.0 Å². The molecule has 0 radical (unpaired) electrons. The molecule has 0 saturated carbocycles. The monoisotopic (exact) mass is 626 g/mol. The second kappa shape index (κ2) is 10.6. The number of sulfone groups is 1. The van der Waals surface area contributed by atoms with Crippen LogP contribution in [0.4, 0.5) is 17.6 Å². The van der Waals surface area contributed by atoms with Crippen molar-refractivity contribution in [1.82, 2.24) is 4.72 Å². The van der Waals surface area contributed by atoms with E-state index in [1.807, 2.05) is 0 Å². The Morgan fingerprint density at radius 1 is 1.11 bits per heavy atom. The molecule has 0 amide bonds. The van der Waals surface area contributed by atoms with Crippen LogP contribution in [0.1, 0.15) is 0 Å². The Morgan fingerprint density at radius 3 is 2.38 bits per heavy atom. The number of alkyl halides is 3. The Bertz CT molecular complexity index is 1600. The molecule has 1 atom stereocenters. The number of nitrogens with one attached hydrogen (secondary N) is 1. The van der Waals surface area contributed by atoms with Crippen LogP contribution >= 0.6 is 30.5 Å². The zero-order valence-electron chi connectivity index (χ0n) is 18.1. The van der Waals surface area contributed by atoms with Crippen molar-refractivity contribution in [2.75, 3.05) is 19.4 Å². The molecule has 0 aliphatic heterocycles. The van der Waals surface area contributed by atoms with Crippen molar-refractivity contribution in [2.24, 2.45) is 0 Å². The van der Waals surface area contributed by atoms with Gasteiger partial charge >= 0.3 is 5.51 Å². The largest absolute Gasteiger partial charge is 0.768 e. The molecule has 1 unspecified atom stereocenters. The Kier molecular flexibility index (Phi) is 8.51. The Labute approximate surface area is 216 Å². The molecule has 0 bridgehead atoms. The fourth-order valence-electron chi connectivity index (χ4n) is 2.78. The number of thiophene rings is 1. The molecule has 19 heteroatoms. The van der Waals surface area contributed by atoms with E-state index in [0.29, 0.717) is 35.1 Å². The second-order valence-corrected chi connectivity index (χ2v) is 14.2. The molecule has 204 valence electrons. The van der Waals surface area contributed by atoms with Crippen molar-refractivity contribution in [3.63, 3.8) is 0 Å². The maximum atomic E-state index is 14.0. The third-order valence-corrected chi connectivity index (χ3v) is 10.6. The Morgan fingerprint density at radius 2 is 1.78 bits per heavy atom. The highest BCUT2D eigenvalue weighted by Gasteiger charge is 2.48. The fraction of sp³-hybridized carbons (Fsp3) is 0.222. The van der Waals surface area contributed by atoms with E-state index in [4.69, 9.17) is 16.3 Å². The first kappa shape index (κ1) is 29.6. The van der Waals surface area contributed by atoms with Gasteiger partial charge in [0.15, 0.2) is 7.60 Å². The first-order valence-electron chi connectivity index (χ1n) is 9.72. The van der Waals surface area contributed by atoms with Crippen molar-refractivity contribution in [3.05, 3.63) is 47.2 Å². The number of ether oxygens (including phenoxy) is 1. The first-order chi connectivity index (χ1) is 17.0. The molecule has 1 heterocycles. The smallest absolute Gasteiger partial charge is 0.502 e. The Balaban J connectivity index is 1.76. The zero-order chi connectivity index (χ0) is 27.8. The number of benzene rings is 2. The predicted molar refractivity (Wildman–Crippen MR) is 123 cm³/mol. The van der Waals surface area contributed by atoms with Crippen LogP contribution in [0.2, 0.25) is 5.02 Å². The van der Waals surface area contributed by atoms with Crippen LogP contribution in [-0.4, -0.2) is 41.8 Å². The van der Waals surface area contributed by atoms with Gasteiger partial charge in [-0.15, -0.1) is 11.3 Å². The molecule has 1 aromatic heterocycles. The predicted octanol–water partition coefficient (Wildman–Crippen LogP) is 2.48. The van der Waals surface area contributed by atoms with Crippen LogP contribution < -0.4 is 24.6 Å². The summed E-state index contributed by atoms with van der Waals surface area (Å²) in [7, 11) is -15.6. The van der Waals surface area contributed by atoms with Crippen LogP contribution in [0.5, 0.6) is 11.5 Å². The molecular weight excluding hydrogens is 611 g/mol. The van der Waals surface area contributed by atoms with Crippen molar-refractivity contribution >= 4 is 60.5 Å². The first-order valence-corrected chi connectivity index (χ1v) is 15.6. The summed E-state index contributed by atoms with van der Waals surface area (Å²) in [5.74, 6) is -2.43. The molecule has 37 heavy (non-hydrogen) atoms. The summed E-state index contributed by atoms with van der Waals surface area (Å²) >= 11 is 6.92. The number of rotatable bonds is 10. The van der Waals surface area contributed by atoms with Gasteiger partial charge < -0.3 is 19.9 Å². The average molecular weight is 627 g/mol. The van der Waals surface area contributed by atoms with Gasteiger partial charge in [-0.25, -0.2) is 25.9 Å². The lowest BCUT2D eigenvalue weighted by atomic mass is 10.2. The van der Waals surface area contributed by atoms with E-state index in [0.717, 1.165) is 11.3 Å². The minimum absolute atomic E-state index is 0.111. The van der Waals surface area contributed by atoms with Gasteiger partial charge in [0.1, 0.15) is 39.6 Å². The molecule has 10 nitrogen and oxygen atoms in total. The summed E-state index contributed by atoms with van der Waals surface area (Å²) in [6, 6.07) is 5.00. The lowest BCUT2D eigenvalue weighted by Gasteiger charge is -2.24. The molecule has 0 fully saturated rings. The van der Waals surface area contributed by atoms with Crippen molar-refractivity contribution < 1.29 is 58.8 Å². The summed E-state index contributed by atoms with van der Waals surface area (Å²) in [5, 5.41) is 0.599. The highest BCUT2D eigenvalue weighted by molar-refractivity contribution is 7.92. The molecule has 0 spiro atoms. The molecule has 4 N–H and O–H groups in total. The standard InChI is InChI=1S/C18H16ClF4N2O8PS3/c19-13-7-12(32-4-3-24)5-10-6-16(35-17(10)13)37(30,31)25-9-34(26,27)33-11-1-2-15(14(20)8-11)36(28,29)18(21,22)23/h1-2,5-8,25H,3-4,9,24H2,(H,26,27). The number of sulfonamides is 1. The van der Waals surface area contributed by atoms with Crippen molar-refractivity contribution in [3.8, 4) is 11.5 Å². The number of hydrogen-bond acceptors (Lipinski definition) is 9. The lowest BCUT2D eigenvalue weighted by Crippen LogP contribution is -2.52. The lowest BCUT2D eigenvalue weighted by molar-refractivity contribution is -0.370. The topological polar surface area (TPSA) is 167 Å². The van der Waals surface area contributed by atoms with Gasteiger partial charge in [0.2, 0.25) is 0 Å². The summed E-state index contributed by atoms with van der Waals surface area (Å²) in [6.45, 7) is 0.770. The molecule has 0 aliphatic rings.